The molecule has 0 amide bonds. The van der Waals surface area contributed by atoms with Crippen LogP contribution in [0.3, 0.4) is 0 Å². The van der Waals surface area contributed by atoms with Crippen molar-refractivity contribution in [1.82, 2.24) is 0 Å². The van der Waals surface area contributed by atoms with Crippen LogP contribution in [-0.2, 0) is 0 Å². The van der Waals surface area contributed by atoms with Crippen molar-refractivity contribution in [2.45, 2.75) is 25.9 Å². The molecule has 4 heteroatoms. The van der Waals surface area contributed by atoms with Gasteiger partial charge in [0.05, 0.1) is 3.58 Å². The van der Waals surface area contributed by atoms with Crippen LogP contribution in [-0.4, -0.2) is 6.18 Å². The average molecular weight is 264 g/mol. The molecule has 0 aliphatic heterocycles. The van der Waals surface area contributed by atoms with Gasteiger partial charge >= 0.3 is 6.18 Å². The number of allylic oxidation sites excluding steroid dienone is 2. The highest BCUT2D eigenvalue weighted by Gasteiger charge is 2.30. The van der Waals surface area contributed by atoms with Crippen molar-refractivity contribution >= 4 is 22.6 Å². The molecule has 0 heterocycles. The Morgan fingerprint density at radius 1 is 1.50 bits per heavy atom. The van der Waals surface area contributed by atoms with Crippen LogP contribution < -0.4 is 0 Å². The van der Waals surface area contributed by atoms with Gasteiger partial charge < -0.3 is 0 Å². The van der Waals surface area contributed by atoms with Crippen LogP contribution in [0.2, 0.25) is 0 Å². The minimum atomic E-state index is -4.14. The first-order valence-electron chi connectivity index (χ1n) is 2.91. The molecular weight excluding hydrogens is 256 g/mol. The maximum atomic E-state index is 11.7. The van der Waals surface area contributed by atoms with E-state index < -0.39 is 9.76 Å². The van der Waals surface area contributed by atoms with Crippen molar-refractivity contribution in [3.63, 3.8) is 0 Å². The highest BCUT2D eigenvalue weighted by atomic mass is 127. The summed E-state index contributed by atoms with van der Waals surface area (Å²) in [7, 11) is 0. The molecular formula is C6H8F3I. The fraction of sp³-hybridized carbons (Fsp3) is 0.667. The lowest BCUT2D eigenvalue weighted by atomic mass is 10.3. The molecule has 0 aliphatic carbocycles. The van der Waals surface area contributed by atoms with E-state index in [1.807, 2.05) is 6.92 Å². The van der Waals surface area contributed by atoms with Crippen molar-refractivity contribution in [3.8, 4) is 0 Å². The Hall–Kier alpha value is 0.260. The Morgan fingerprint density at radius 3 is 2.30 bits per heavy atom. The predicted molar refractivity (Wildman–Crippen MR) is 43.1 cm³/mol. The van der Waals surface area contributed by atoms with Crippen molar-refractivity contribution in [1.29, 1.82) is 0 Å². The normalized spacial score (nSPS) is 13.9. The molecule has 0 aromatic carbocycles. The Balaban J connectivity index is 3.93. The third kappa shape index (κ3) is 4.14. The van der Waals surface area contributed by atoms with Crippen LogP contribution in [0.1, 0.15) is 19.8 Å². The standard InChI is InChI=1S/C6H8F3I/c1-2-3-4-5(10)6(7,8)9/h4H,2-3H2,1H3/b5-4-. The lowest BCUT2D eigenvalue weighted by Crippen LogP contribution is -2.06. The molecule has 0 saturated heterocycles. The molecule has 10 heavy (non-hydrogen) atoms. The smallest absolute Gasteiger partial charge is 0.166 e. The van der Waals surface area contributed by atoms with Crippen LogP contribution in [0.15, 0.2) is 9.66 Å². The predicted octanol–water partition coefficient (Wildman–Crippen LogP) is 3.67. The van der Waals surface area contributed by atoms with Crippen molar-refractivity contribution in [2.24, 2.45) is 0 Å². The van der Waals surface area contributed by atoms with Gasteiger partial charge in [0.2, 0.25) is 0 Å². The Bertz CT molecular complexity index is 125. The zero-order chi connectivity index (χ0) is 8.20. The van der Waals surface area contributed by atoms with Crippen LogP contribution in [0, 0.1) is 0 Å². The maximum absolute atomic E-state index is 11.7. The summed E-state index contributed by atoms with van der Waals surface area (Å²) in [5.41, 5.74) is 0. The van der Waals surface area contributed by atoms with E-state index in [0.717, 1.165) is 6.42 Å². The molecule has 0 aliphatic rings. The van der Waals surface area contributed by atoms with Crippen LogP contribution >= 0.6 is 22.6 Å². The van der Waals surface area contributed by atoms with E-state index in [9.17, 15) is 13.2 Å². The number of rotatable bonds is 2. The molecule has 0 aromatic heterocycles. The van der Waals surface area contributed by atoms with Crippen LogP contribution in [0.4, 0.5) is 13.2 Å². The van der Waals surface area contributed by atoms with Gasteiger partial charge in [-0.1, -0.05) is 19.4 Å². The Kier molecular flexibility index (Phi) is 4.31. The van der Waals surface area contributed by atoms with Gasteiger partial charge in [0, 0.05) is 0 Å². The van der Waals surface area contributed by atoms with Crippen molar-refractivity contribution < 1.29 is 13.2 Å². The SMILES string of the molecule is CCC/C=C(\I)C(F)(F)F. The van der Waals surface area contributed by atoms with Gasteiger partial charge in [-0.2, -0.15) is 13.2 Å². The van der Waals surface area contributed by atoms with E-state index in [1.165, 1.54) is 28.7 Å². The van der Waals surface area contributed by atoms with Gasteiger partial charge in [-0.25, -0.2) is 0 Å². The fourth-order valence-electron chi connectivity index (χ4n) is 0.387. The third-order valence-electron chi connectivity index (χ3n) is 0.883. The van der Waals surface area contributed by atoms with E-state index in [4.69, 9.17) is 0 Å². The van der Waals surface area contributed by atoms with Crippen LogP contribution in [0.5, 0.6) is 0 Å². The summed E-state index contributed by atoms with van der Waals surface area (Å²) < 4.78 is 34.6. The summed E-state index contributed by atoms with van der Waals surface area (Å²) in [6.45, 7) is 1.84. The molecule has 0 fully saturated rings. The number of hydrogen-bond donors (Lipinski definition) is 0. The van der Waals surface area contributed by atoms with Gasteiger partial charge in [-0.3, -0.25) is 0 Å². The first kappa shape index (κ1) is 10.3. The molecule has 0 bridgehead atoms. The van der Waals surface area contributed by atoms with E-state index in [1.54, 1.807) is 0 Å². The Morgan fingerprint density at radius 2 is 2.00 bits per heavy atom. The molecule has 0 unspecified atom stereocenters. The van der Waals surface area contributed by atoms with Crippen molar-refractivity contribution in [2.75, 3.05) is 0 Å². The van der Waals surface area contributed by atoms with Crippen LogP contribution in [0.25, 0.3) is 0 Å². The second-order valence-electron chi connectivity index (χ2n) is 1.84. The zero-order valence-electron chi connectivity index (χ0n) is 5.50. The molecule has 60 valence electrons. The summed E-state index contributed by atoms with van der Waals surface area (Å²) >= 11 is 1.31. The second-order valence-corrected chi connectivity index (χ2v) is 3.00. The summed E-state index contributed by atoms with van der Waals surface area (Å²) in [6.07, 6.45) is -1.68. The summed E-state index contributed by atoms with van der Waals surface area (Å²) in [5, 5.41) is 0. The van der Waals surface area contributed by atoms with Gasteiger partial charge in [-0.15, -0.1) is 0 Å². The van der Waals surface area contributed by atoms with Gasteiger partial charge in [0.15, 0.2) is 0 Å². The average Bonchev–Trinajstić information content (AvgIpc) is 1.80. The lowest BCUT2D eigenvalue weighted by molar-refractivity contribution is -0.0819. The minimum absolute atomic E-state index is 0.498. The molecule has 0 spiro atoms. The van der Waals surface area contributed by atoms with Gasteiger partial charge in [0.1, 0.15) is 0 Å². The fourth-order valence-corrected chi connectivity index (χ4v) is 0.698. The highest BCUT2D eigenvalue weighted by Crippen LogP contribution is 2.30. The first-order chi connectivity index (χ1) is 4.48. The molecule has 0 N–H and O–H groups in total. The molecule has 0 saturated carbocycles. The van der Waals surface area contributed by atoms with E-state index >= 15 is 0 Å². The summed E-state index contributed by atoms with van der Waals surface area (Å²) in [5.74, 6) is 0. The molecule has 0 rings (SSSR count). The van der Waals surface area contributed by atoms with Gasteiger partial charge in [0.25, 0.3) is 0 Å². The van der Waals surface area contributed by atoms with E-state index in [2.05, 4.69) is 0 Å². The third-order valence-corrected chi connectivity index (χ3v) is 1.94. The topological polar surface area (TPSA) is 0 Å². The monoisotopic (exact) mass is 264 g/mol. The largest absolute Gasteiger partial charge is 0.421 e. The number of alkyl halides is 3. The zero-order valence-corrected chi connectivity index (χ0v) is 7.66. The Labute approximate surface area is 71.6 Å². The molecule has 0 atom stereocenters. The quantitative estimate of drug-likeness (QED) is 0.667. The van der Waals surface area contributed by atoms with Crippen molar-refractivity contribution in [3.05, 3.63) is 9.66 Å². The minimum Gasteiger partial charge on any atom is -0.166 e. The second kappa shape index (κ2) is 4.20. The molecule has 0 aromatic rings. The van der Waals surface area contributed by atoms with E-state index in [0.29, 0.717) is 6.42 Å². The molecule has 0 radical (unpaired) electrons. The summed E-state index contributed by atoms with van der Waals surface area (Å²) in [6, 6.07) is 0. The number of unbranched alkanes of at least 4 members (excludes halogenated alkanes) is 1. The maximum Gasteiger partial charge on any atom is 0.421 e. The lowest BCUT2D eigenvalue weighted by Gasteiger charge is -2.03. The molecule has 0 nitrogen and oxygen atoms in total. The van der Waals surface area contributed by atoms with Gasteiger partial charge in [-0.05, 0) is 29.0 Å². The number of hydrogen-bond acceptors (Lipinski definition) is 0. The first-order valence-corrected chi connectivity index (χ1v) is 3.99. The summed E-state index contributed by atoms with van der Waals surface area (Å²) in [4.78, 5) is 0. The number of halogens is 4. The highest BCUT2D eigenvalue weighted by molar-refractivity contribution is 14.1. The van der Waals surface area contributed by atoms with E-state index in [-0.39, 0.29) is 0 Å².